The number of hydrogen-bond donors (Lipinski definition) is 2. The Kier molecular flexibility index (Phi) is 5.76. The number of aryl methyl sites for hydroxylation is 3. The van der Waals surface area contributed by atoms with Crippen LogP contribution in [0.4, 0.5) is 23.1 Å². The van der Waals surface area contributed by atoms with E-state index in [4.69, 9.17) is 14.6 Å². The van der Waals surface area contributed by atoms with Crippen molar-refractivity contribution < 1.29 is 9.47 Å². The highest BCUT2D eigenvalue weighted by Crippen LogP contribution is 2.37. The molecule has 34 heavy (non-hydrogen) atoms. The van der Waals surface area contributed by atoms with Crippen molar-refractivity contribution in [3.63, 3.8) is 0 Å². The number of anilines is 4. The molecule has 0 radical (unpaired) electrons. The maximum absolute atomic E-state index is 5.75. The van der Waals surface area contributed by atoms with Gasteiger partial charge in [-0.15, -0.1) is 0 Å². The highest BCUT2D eigenvalue weighted by Gasteiger charge is 2.25. The van der Waals surface area contributed by atoms with Crippen molar-refractivity contribution in [3.8, 4) is 17.1 Å². The summed E-state index contributed by atoms with van der Waals surface area (Å²) in [4.78, 5) is 22.0. The lowest BCUT2D eigenvalue weighted by Crippen LogP contribution is -2.32. The first-order valence-corrected chi connectivity index (χ1v) is 10.9. The average molecular weight is 460 g/mol. The third-order valence-electron chi connectivity index (χ3n) is 5.38. The number of ether oxygens (including phenoxy) is 2. The van der Waals surface area contributed by atoms with Gasteiger partial charge >= 0.3 is 0 Å². The normalized spacial score (nSPS) is 13.4. The van der Waals surface area contributed by atoms with Gasteiger partial charge in [0.25, 0.3) is 0 Å². The molecule has 11 heteroatoms. The van der Waals surface area contributed by atoms with Crippen LogP contribution in [0.25, 0.3) is 11.4 Å². The maximum Gasteiger partial charge on any atom is 0.185 e. The van der Waals surface area contributed by atoms with Crippen LogP contribution in [0.1, 0.15) is 23.4 Å². The maximum atomic E-state index is 5.75. The first-order chi connectivity index (χ1) is 16.5. The summed E-state index contributed by atoms with van der Waals surface area (Å²) in [7, 11) is 1.63. The summed E-state index contributed by atoms with van der Waals surface area (Å²) in [5.74, 6) is 4.62. The van der Waals surface area contributed by atoms with Crippen LogP contribution in [0.15, 0.2) is 36.7 Å². The van der Waals surface area contributed by atoms with Crippen LogP contribution < -0.4 is 15.4 Å². The quantitative estimate of drug-likeness (QED) is 0.424. The lowest BCUT2D eigenvalue weighted by Gasteiger charge is -2.26. The van der Waals surface area contributed by atoms with Crippen molar-refractivity contribution >= 4 is 23.1 Å². The van der Waals surface area contributed by atoms with Crippen LogP contribution in [0.5, 0.6) is 5.75 Å². The number of para-hydroxylation sites is 1. The number of aromatic nitrogens is 7. The second-order valence-corrected chi connectivity index (χ2v) is 7.99. The SMILES string of the molecule is COc1c(Nc2cc(Nc3cc(C)nc(C)n3)ncn2)cccc1-c1nc(C)n(C2COC2)n1. The molecule has 0 aliphatic carbocycles. The van der Waals surface area contributed by atoms with E-state index in [1.807, 2.05) is 49.7 Å². The second kappa shape index (κ2) is 9.02. The molecule has 2 N–H and O–H groups in total. The largest absolute Gasteiger partial charge is 0.494 e. The molecule has 1 aliphatic heterocycles. The van der Waals surface area contributed by atoms with Gasteiger partial charge in [-0.2, -0.15) is 5.10 Å². The predicted molar refractivity (Wildman–Crippen MR) is 127 cm³/mol. The van der Waals surface area contributed by atoms with Crippen molar-refractivity contribution in [1.82, 2.24) is 34.7 Å². The molecule has 0 unspecified atom stereocenters. The molecule has 3 aromatic heterocycles. The number of methoxy groups -OCH3 is 1. The molecule has 5 rings (SSSR count). The van der Waals surface area contributed by atoms with E-state index in [0.717, 1.165) is 22.8 Å². The van der Waals surface area contributed by atoms with E-state index in [1.54, 1.807) is 13.2 Å². The Morgan fingerprint density at radius 1 is 0.971 bits per heavy atom. The molecule has 1 saturated heterocycles. The summed E-state index contributed by atoms with van der Waals surface area (Å²) in [6, 6.07) is 9.66. The van der Waals surface area contributed by atoms with E-state index < -0.39 is 0 Å². The zero-order chi connectivity index (χ0) is 23.7. The van der Waals surface area contributed by atoms with Gasteiger partial charge in [0, 0.05) is 17.8 Å². The summed E-state index contributed by atoms with van der Waals surface area (Å²) in [6.07, 6.45) is 1.48. The van der Waals surface area contributed by atoms with E-state index in [0.29, 0.717) is 48.1 Å². The topological polar surface area (TPSA) is 125 Å². The molecular weight excluding hydrogens is 434 g/mol. The van der Waals surface area contributed by atoms with Crippen LogP contribution in [0, 0.1) is 20.8 Å². The molecule has 1 aliphatic rings. The van der Waals surface area contributed by atoms with Crippen molar-refractivity contribution in [2.75, 3.05) is 31.0 Å². The first-order valence-electron chi connectivity index (χ1n) is 10.9. The molecular formula is C23H25N9O2. The fourth-order valence-electron chi connectivity index (χ4n) is 3.80. The smallest absolute Gasteiger partial charge is 0.185 e. The molecule has 11 nitrogen and oxygen atoms in total. The van der Waals surface area contributed by atoms with Crippen LogP contribution in [-0.4, -0.2) is 55.0 Å². The van der Waals surface area contributed by atoms with Crippen molar-refractivity contribution in [2.45, 2.75) is 26.8 Å². The fraction of sp³-hybridized carbons (Fsp3) is 0.304. The summed E-state index contributed by atoms with van der Waals surface area (Å²) in [6.45, 7) is 7.02. The average Bonchev–Trinajstić information content (AvgIpc) is 3.13. The summed E-state index contributed by atoms with van der Waals surface area (Å²) >= 11 is 0. The van der Waals surface area contributed by atoms with Gasteiger partial charge in [-0.25, -0.2) is 29.6 Å². The van der Waals surface area contributed by atoms with Gasteiger partial charge in [0.05, 0.1) is 31.6 Å². The van der Waals surface area contributed by atoms with E-state index in [1.165, 1.54) is 6.33 Å². The standard InChI is InChI=1S/C23H25N9O2/c1-13-8-21(27-14(2)26-13)30-20-9-19(24-12-25-20)29-18-7-5-6-17(22(18)33-4)23-28-15(3)32(31-23)16-10-34-11-16/h5-9,12,16H,10-11H2,1-4H3,(H2,24,25,26,27,29,30). The Morgan fingerprint density at radius 3 is 2.47 bits per heavy atom. The van der Waals surface area contributed by atoms with Crippen LogP contribution in [-0.2, 0) is 4.74 Å². The van der Waals surface area contributed by atoms with Gasteiger partial charge in [0.1, 0.15) is 41.5 Å². The Bertz CT molecular complexity index is 1310. The zero-order valence-corrected chi connectivity index (χ0v) is 19.4. The van der Waals surface area contributed by atoms with E-state index >= 15 is 0 Å². The molecule has 4 heterocycles. The van der Waals surface area contributed by atoms with Gasteiger partial charge in [-0.05, 0) is 32.9 Å². The van der Waals surface area contributed by atoms with Gasteiger partial charge in [-0.3, -0.25) is 0 Å². The lowest BCUT2D eigenvalue weighted by atomic mass is 10.1. The molecule has 0 spiro atoms. The summed E-state index contributed by atoms with van der Waals surface area (Å²) in [5, 5.41) is 11.2. The van der Waals surface area contributed by atoms with E-state index in [-0.39, 0.29) is 6.04 Å². The fourth-order valence-corrected chi connectivity index (χ4v) is 3.80. The number of rotatable bonds is 7. The molecule has 1 fully saturated rings. The Balaban J connectivity index is 1.41. The summed E-state index contributed by atoms with van der Waals surface area (Å²) < 4.78 is 13.0. The van der Waals surface area contributed by atoms with Crippen LogP contribution >= 0.6 is 0 Å². The minimum absolute atomic E-state index is 0.225. The Hall–Kier alpha value is -4.12. The third kappa shape index (κ3) is 4.37. The number of benzene rings is 1. The van der Waals surface area contributed by atoms with Crippen molar-refractivity contribution in [1.29, 1.82) is 0 Å². The molecule has 0 saturated carbocycles. The van der Waals surface area contributed by atoms with Crippen LogP contribution in [0.2, 0.25) is 0 Å². The molecule has 174 valence electrons. The second-order valence-electron chi connectivity index (χ2n) is 7.99. The highest BCUT2D eigenvalue weighted by molar-refractivity contribution is 5.77. The van der Waals surface area contributed by atoms with E-state index in [9.17, 15) is 0 Å². The number of nitrogens with zero attached hydrogens (tertiary/aromatic N) is 7. The Labute approximate surface area is 196 Å². The monoisotopic (exact) mass is 459 g/mol. The van der Waals surface area contributed by atoms with Crippen molar-refractivity contribution in [3.05, 3.63) is 54.0 Å². The van der Waals surface area contributed by atoms with E-state index in [2.05, 4.69) is 35.6 Å². The van der Waals surface area contributed by atoms with Gasteiger partial charge < -0.3 is 20.1 Å². The van der Waals surface area contributed by atoms with Crippen molar-refractivity contribution in [2.24, 2.45) is 0 Å². The van der Waals surface area contributed by atoms with Crippen LogP contribution in [0.3, 0.4) is 0 Å². The van der Waals surface area contributed by atoms with Gasteiger partial charge in [0.2, 0.25) is 0 Å². The minimum atomic E-state index is 0.225. The predicted octanol–water partition coefficient (Wildman–Crippen LogP) is 3.52. The minimum Gasteiger partial charge on any atom is -0.494 e. The zero-order valence-electron chi connectivity index (χ0n) is 19.4. The Morgan fingerprint density at radius 2 is 1.76 bits per heavy atom. The molecule has 0 atom stereocenters. The third-order valence-corrected chi connectivity index (χ3v) is 5.38. The number of nitrogens with one attached hydrogen (secondary N) is 2. The molecule has 4 aromatic rings. The summed E-state index contributed by atoms with van der Waals surface area (Å²) in [5.41, 5.74) is 2.40. The number of hydrogen-bond acceptors (Lipinski definition) is 10. The molecule has 0 bridgehead atoms. The molecule has 0 amide bonds. The first kappa shape index (κ1) is 21.7. The molecule has 1 aromatic carbocycles. The lowest BCUT2D eigenvalue weighted by molar-refractivity contribution is -0.0296. The van der Waals surface area contributed by atoms with Gasteiger partial charge in [0.15, 0.2) is 11.6 Å². The highest BCUT2D eigenvalue weighted by atomic mass is 16.5. The van der Waals surface area contributed by atoms with Gasteiger partial charge in [-0.1, -0.05) is 6.07 Å².